The van der Waals surface area contributed by atoms with Gasteiger partial charge in [-0.15, -0.1) is 0 Å². The van der Waals surface area contributed by atoms with Gasteiger partial charge in [-0.1, -0.05) is 30.3 Å². The van der Waals surface area contributed by atoms with E-state index in [2.05, 4.69) is 41.4 Å². The smallest absolute Gasteiger partial charge is 0.208 e. The van der Waals surface area contributed by atoms with Crippen molar-refractivity contribution in [1.29, 1.82) is 0 Å². The Morgan fingerprint density at radius 3 is 2.54 bits per heavy atom. The lowest BCUT2D eigenvalue weighted by molar-refractivity contribution is -0.111. The predicted octanol–water partition coefficient (Wildman–Crippen LogP) is 2.94. The van der Waals surface area contributed by atoms with Crippen molar-refractivity contribution in [2.45, 2.75) is 32.0 Å². The molecule has 1 aliphatic heterocycles. The van der Waals surface area contributed by atoms with Crippen molar-refractivity contribution >= 4 is 6.41 Å². The second kappa shape index (κ2) is 8.23. The Bertz CT molecular complexity index is 748. The number of ether oxygens (including phenoxy) is 2. The van der Waals surface area contributed by atoms with E-state index in [1.807, 2.05) is 18.2 Å². The molecule has 0 saturated carbocycles. The summed E-state index contributed by atoms with van der Waals surface area (Å²) in [6.45, 7) is 3.05. The zero-order chi connectivity index (χ0) is 18.5. The molecule has 2 unspecified atom stereocenters. The van der Waals surface area contributed by atoms with Gasteiger partial charge in [0, 0.05) is 19.0 Å². The molecule has 2 aromatic carbocycles. The summed E-state index contributed by atoms with van der Waals surface area (Å²) in [7, 11) is 3.31. The Morgan fingerprint density at radius 2 is 1.88 bits per heavy atom. The first kappa shape index (κ1) is 18.3. The molecule has 1 N–H and O–H groups in total. The van der Waals surface area contributed by atoms with Crippen LogP contribution in [-0.4, -0.2) is 38.2 Å². The summed E-state index contributed by atoms with van der Waals surface area (Å²) in [5.74, 6) is 1.50. The Morgan fingerprint density at radius 1 is 1.19 bits per heavy atom. The molecule has 2 atom stereocenters. The van der Waals surface area contributed by atoms with Crippen molar-refractivity contribution in [3.05, 3.63) is 59.2 Å². The van der Waals surface area contributed by atoms with Crippen LogP contribution in [0.3, 0.4) is 0 Å². The van der Waals surface area contributed by atoms with Gasteiger partial charge in [-0.25, -0.2) is 0 Å². The number of amides is 1. The molecule has 5 heteroatoms. The van der Waals surface area contributed by atoms with Gasteiger partial charge < -0.3 is 14.8 Å². The van der Waals surface area contributed by atoms with Crippen LogP contribution in [0, 0.1) is 0 Å². The van der Waals surface area contributed by atoms with Gasteiger partial charge in [0.25, 0.3) is 0 Å². The van der Waals surface area contributed by atoms with E-state index in [-0.39, 0.29) is 12.2 Å². The van der Waals surface area contributed by atoms with Gasteiger partial charge >= 0.3 is 0 Å². The van der Waals surface area contributed by atoms with Gasteiger partial charge in [0.1, 0.15) is 0 Å². The summed E-state index contributed by atoms with van der Waals surface area (Å²) >= 11 is 0. The van der Waals surface area contributed by atoms with Crippen molar-refractivity contribution in [3.63, 3.8) is 0 Å². The van der Waals surface area contributed by atoms with Crippen LogP contribution in [0.1, 0.15) is 29.7 Å². The lowest BCUT2D eigenvalue weighted by atomic mass is 9.91. The second-order valence-electron chi connectivity index (χ2n) is 6.56. The molecule has 2 aromatic rings. The van der Waals surface area contributed by atoms with Crippen LogP contribution in [0.4, 0.5) is 0 Å². The number of fused-ring (bicyclic) bond motifs is 1. The van der Waals surface area contributed by atoms with E-state index in [1.54, 1.807) is 14.2 Å². The number of hydrogen-bond acceptors (Lipinski definition) is 4. The van der Waals surface area contributed by atoms with Gasteiger partial charge in [-0.05, 0) is 42.2 Å². The summed E-state index contributed by atoms with van der Waals surface area (Å²) in [6.07, 6.45) is 2.43. The highest BCUT2D eigenvalue weighted by atomic mass is 16.5. The van der Waals surface area contributed by atoms with Crippen molar-refractivity contribution < 1.29 is 14.3 Å². The molecule has 0 fully saturated rings. The van der Waals surface area contributed by atoms with E-state index in [0.717, 1.165) is 37.3 Å². The minimum atomic E-state index is -0.0499. The first-order chi connectivity index (χ1) is 12.7. The van der Waals surface area contributed by atoms with Crippen LogP contribution in [0.2, 0.25) is 0 Å². The average Bonchev–Trinajstić information content (AvgIpc) is 2.68. The predicted molar refractivity (Wildman–Crippen MR) is 102 cm³/mol. The van der Waals surface area contributed by atoms with Crippen molar-refractivity contribution in [2.24, 2.45) is 0 Å². The standard InChI is InChI=1S/C21H26N2O3/c1-15-18-13-20(26-3)19(25-2)12-17(18)9-10-23(15)21(22-14-24)11-16-7-5-4-6-8-16/h4-8,12-15,21H,9-11H2,1-3H3,(H,22,24). The first-order valence-corrected chi connectivity index (χ1v) is 8.92. The molecule has 0 radical (unpaired) electrons. The first-order valence-electron chi connectivity index (χ1n) is 8.92. The van der Waals surface area contributed by atoms with Gasteiger partial charge in [0.2, 0.25) is 6.41 Å². The topological polar surface area (TPSA) is 50.8 Å². The summed E-state index contributed by atoms with van der Waals surface area (Å²) in [4.78, 5) is 13.6. The zero-order valence-electron chi connectivity index (χ0n) is 15.6. The number of nitrogens with one attached hydrogen (secondary N) is 1. The number of benzene rings is 2. The maximum Gasteiger partial charge on any atom is 0.208 e. The Balaban J connectivity index is 1.88. The lowest BCUT2D eigenvalue weighted by Crippen LogP contribution is -2.50. The number of methoxy groups -OCH3 is 2. The third kappa shape index (κ3) is 3.68. The molecular weight excluding hydrogens is 328 g/mol. The van der Waals surface area contributed by atoms with Gasteiger partial charge in [0.05, 0.1) is 20.4 Å². The highest BCUT2D eigenvalue weighted by Crippen LogP contribution is 2.38. The molecule has 1 heterocycles. The fourth-order valence-electron chi connectivity index (χ4n) is 3.78. The minimum absolute atomic E-state index is 0.0499. The number of carbonyl (C=O) groups is 1. The minimum Gasteiger partial charge on any atom is -0.493 e. The van der Waals surface area contributed by atoms with E-state index in [4.69, 9.17) is 9.47 Å². The fraction of sp³-hybridized carbons (Fsp3) is 0.381. The Labute approximate surface area is 154 Å². The average molecular weight is 354 g/mol. The van der Waals surface area contributed by atoms with Crippen molar-refractivity contribution in [1.82, 2.24) is 10.2 Å². The number of nitrogens with zero attached hydrogens (tertiary/aromatic N) is 1. The van der Waals surface area contributed by atoms with Gasteiger partial charge in [-0.3, -0.25) is 9.69 Å². The van der Waals surface area contributed by atoms with Crippen LogP contribution in [0.25, 0.3) is 0 Å². The van der Waals surface area contributed by atoms with Crippen LogP contribution in [0.15, 0.2) is 42.5 Å². The number of rotatable bonds is 7. The SMILES string of the molecule is COc1cc2c(cc1OC)C(C)N(C(Cc1ccccc1)NC=O)CC2. The molecule has 0 aliphatic carbocycles. The molecule has 1 aliphatic rings. The molecule has 1 amide bonds. The molecule has 0 spiro atoms. The maximum atomic E-state index is 11.2. The summed E-state index contributed by atoms with van der Waals surface area (Å²) in [6, 6.07) is 14.5. The molecule has 138 valence electrons. The molecule has 3 rings (SSSR count). The molecule has 5 nitrogen and oxygen atoms in total. The number of hydrogen-bond donors (Lipinski definition) is 1. The largest absolute Gasteiger partial charge is 0.493 e. The van der Waals surface area contributed by atoms with E-state index < -0.39 is 0 Å². The molecule has 0 bridgehead atoms. The van der Waals surface area contributed by atoms with Crippen LogP contribution >= 0.6 is 0 Å². The highest BCUT2D eigenvalue weighted by Gasteiger charge is 2.30. The summed E-state index contributed by atoms with van der Waals surface area (Å²) in [5, 5.41) is 3.00. The second-order valence-corrected chi connectivity index (χ2v) is 6.56. The normalized spacial score (nSPS) is 17.9. The third-order valence-corrected chi connectivity index (χ3v) is 5.16. The zero-order valence-corrected chi connectivity index (χ0v) is 15.6. The summed E-state index contributed by atoms with van der Waals surface area (Å²) in [5.41, 5.74) is 3.70. The van der Waals surface area contributed by atoms with Crippen LogP contribution < -0.4 is 14.8 Å². The molecule has 26 heavy (non-hydrogen) atoms. The van der Waals surface area contributed by atoms with E-state index in [1.165, 1.54) is 16.7 Å². The monoisotopic (exact) mass is 354 g/mol. The van der Waals surface area contributed by atoms with E-state index >= 15 is 0 Å². The van der Waals surface area contributed by atoms with Crippen LogP contribution in [-0.2, 0) is 17.6 Å². The van der Waals surface area contributed by atoms with E-state index in [0.29, 0.717) is 0 Å². The molecular formula is C21H26N2O3. The quantitative estimate of drug-likeness (QED) is 0.777. The Kier molecular flexibility index (Phi) is 5.78. The van der Waals surface area contributed by atoms with Crippen molar-refractivity contribution in [2.75, 3.05) is 20.8 Å². The maximum absolute atomic E-state index is 11.2. The number of carbonyl (C=O) groups excluding carboxylic acids is 1. The van der Waals surface area contributed by atoms with E-state index in [9.17, 15) is 4.79 Å². The Hall–Kier alpha value is -2.53. The summed E-state index contributed by atoms with van der Waals surface area (Å²) < 4.78 is 10.9. The molecule has 0 saturated heterocycles. The molecule has 0 aromatic heterocycles. The fourth-order valence-corrected chi connectivity index (χ4v) is 3.78. The van der Waals surface area contributed by atoms with Crippen molar-refractivity contribution in [3.8, 4) is 11.5 Å². The third-order valence-electron chi connectivity index (χ3n) is 5.16. The van der Waals surface area contributed by atoms with Gasteiger partial charge in [0.15, 0.2) is 11.5 Å². The highest BCUT2D eigenvalue weighted by molar-refractivity contribution is 5.50. The lowest BCUT2D eigenvalue weighted by Gasteiger charge is -2.40. The van der Waals surface area contributed by atoms with Crippen LogP contribution in [0.5, 0.6) is 11.5 Å². The van der Waals surface area contributed by atoms with Gasteiger partial charge in [-0.2, -0.15) is 0 Å².